The Morgan fingerprint density at radius 2 is 2.14 bits per heavy atom. The van der Waals surface area contributed by atoms with Gasteiger partial charge < -0.3 is 15.8 Å². The minimum absolute atomic E-state index is 0.255. The van der Waals surface area contributed by atoms with Gasteiger partial charge in [-0.15, -0.1) is 11.3 Å². The summed E-state index contributed by atoms with van der Waals surface area (Å²) in [7, 11) is -1.58. The molecule has 0 fully saturated rings. The maximum absolute atomic E-state index is 9.05. The predicted octanol–water partition coefficient (Wildman–Crippen LogP) is 0.817. The molecular formula is C8H7BClNO2S. The number of nitrogen functional groups attached to an aromatic ring is 1. The second-order valence-electron chi connectivity index (χ2n) is 2.90. The standard InChI is InChI=1S/C8H7BClNO2S/c10-6-3-5(9(12)13)7(11)8-4(6)1-2-14-8/h1-3,12-13H,11H2. The number of rotatable bonds is 1. The van der Waals surface area contributed by atoms with Gasteiger partial charge in [0.1, 0.15) is 0 Å². The molecule has 0 spiro atoms. The minimum atomic E-state index is -1.58. The number of hydrogen-bond donors (Lipinski definition) is 3. The quantitative estimate of drug-likeness (QED) is 0.499. The largest absolute Gasteiger partial charge is 0.490 e. The van der Waals surface area contributed by atoms with Gasteiger partial charge in [0.2, 0.25) is 0 Å². The van der Waals surface area contributed by atoms with E-state index < -0.39 is 7.12 Å². The first-order valence-corrected chi connectivity index (χ1v) is 5.18. The fourth-order valence-corrected chi connectivity index (χ4v) is 2.56. The monoisotopic (exact) mass is 227 g/mol. The Balaban J connectivity index is 2.82. The molecule has 1 heterocycles. The van der Waals surface area contributed by atoms with Crippen molar-refractivity contribution in [2.45, 2.75) is 0 Å². The number of hydrogen-bond acceptors (Lipinski definition) is 4. The maximum Gasteiger partial charge on any atom is 0.490 e. The van der Waals surface area contributed by atoms with Crippen molar-refractivity contribution in [1.82, 2.24) is 0 Å². The van der Waals surface area contributed by atoms with Crippen LogP contribution in [0.25, 0.3) is 10.1 Å². The minimum Gasteiger partial charge on any atom is -0.423 e. The first-order valence-electron chi connectivity index (χ1n) is 3.92. The molecule has 1 aromatic heterocycles. The first kappa shape index (κ1) is 9.80. The molecule has 0 radical (unpaired) electrons. The van der Waals surface area contributed by atoms with Crippen molar-refractivity contribution in [3.05, 3.63) is 22.5 Å². The van der Waals surface area contributed by atoms with Gasteiger partial charge >= 0.3 is 7.12 Å². The number of thiophene rings is 1. The summed E-state index contributed by atoms with van der Waals surface area (Å²) < 4.78 is 0.792. The summed E-state index contributed by atoms with van der Waals surface area (Å²) in [5, 5.41) is 21.3. The van der Waals surface area contributed by atoms with Crippen LogP contribution in [0.5, 0.6) is 0 Å². The van der Waals surface area contributed by atoms with E-state index in [1.165, 1.54) is 17.4 Å². The fourth-order valence-electron chi connectivity index (χ4n) is 1.34. The third-order valence-electron chi connectivity index (χ3n) is 2.04. The van der Waals surface area contributed by atoms with E-state index in [-0.39, 0.29) is 5.46 Å². The molecule has 14 heavy (non-hydrogen) atoms. The van der Waals surface area contributed by atoms with E-state index in [4.69, 9.17) is 27.4 Å². The van der Waals surface area contributed by atoms with Crippen LogP contribution in [0.2, 0.25) is 5.02 Å². The van der Waals surface area contributed by atoms with Crippen molar-refractivity contribution in [2.24, 2.45) is 0 Å². The van der Waals surface area contributed by atoms with Crippen molar-refractivity contribution < 1.29 is 10.0 Å². The zero-order chi connectivity index (χ0) is 10.3. The van der Waals surface area contributed by atoms with Crippen molar-refractivity contribution in [3.63, 3.8) is 0 Å². The lowest BCUT2D eigenvalue weighted by molar-refractivity contribution is 0.426. The number of benzene rings is 1. The smallest absolute Gasteiger partial charge is 0.423 e. The molecule has 6 heteroatoms. The summed E-state index contributed by atoms with van der Waals surface area (Å²) in [6.45, 7) is 0. The van der Waals surface area contributed by atoms with Crippen LogP contribution in [0.15, 0.2) is 17.5 Å². The third-order valence-corrected chi connectivity index (χ3v) is 3.30. The molecule has 1 aromatic carbocycles. The van der Waals surface area contributed by atoms with Crippen LogP contribution in [-0.2, 0) is 0 Å². The second-order valence-corrected chi connectivity index (χ2v) is 4.22. The van der Waals surface area contributed by atoms with E-state index in [2.05, 4.69) is 0 Å². The van der Waals surface area contributed by atoms with Crippen LogP contribution in [0.4, 0.5) is 5.69 Å². The van der Waals surface area contributed by atoms with E-state index >= 15 is 0 Å². The number of halogens is 1. The van der Waals surface area contributed by atoms with Crippen molar-refractivity contribution in [3.8, 4) is 0 Å². The average Bonchev–Trinajstić information content (AvgIpc) is 2.59. The molecule has 0 aliphatic heterocycles. The Labute approximate surface area is 89.9 Å². The third kappa shape index (κ3) is 1.38. The van der Waals surface area contributed by atoms with Crippen LogP contribution in [-0.4, -0.2) is 17.2 Å². The van der Waals surface area contributed by atoms with Crippen molar-refractivity contribution in [2.75, 3.05) is 5.73 Å². The Morgan fingerprint density at radius 1 is 1.43 bits per heavy atom. The van der Waals surface area contributed by atoms with Crippen LogP contribution in [0.3, 0.4) is 0 Å². The molecule has 0 saturated carbocycles. The van der Waals surface area contributed by atoms with E-state index in [0.29, 0.717) is 10.7 Å². The molecule has 2 aromatic rings. The Bertz CT molecular complexity index is 485. The lowest BCUT2D eigenvalue weighted by Crippen LogP contribution is -2.32. The second kappa shape index (κ2) is 3.44. The molecular weight excluding hydrogens is 220 g/mol. The van der Waals surface area contributed by atoms with Gasteiger partial charge in [-0.3, -0.25) is 0 Å². The molecule has 0 amide bonds. The highest BCUT2D eigenvalue weighted by atomic mass is 35.5. The molecule has 0 atom stereocenters. The topological polar surface area (TPSA) is 66.5 Å². The van der Waals surface area contributed by atoms with Crippen molar-refractivity contribution in [1.29, 1.82) is 0 Å². The fraction of sp³-hybridized carbons (Fsp3) is 0. The van der Waals surface area contributed by atoms with Gasteiger partial charge in [-0.05, 0) is 17.5 Å². The molecule has 0 unspecified atom stereocenters. The Morgan fingerprint density at radius 3 is 2.79 bits per heavy atom. The van der Waals surface area contributed by atoms with Gasteiger partial charge in [-0.1, -0.05) is 11.6 Å². The van der Waals surface area contributed by atoms with E-state index in [0.717, 1.165) is 10.1 Å². The molecule has 0 saturated heterocycles. The van der Waals surface area contributed by atoms with Gasteiger partial charge in [0.05, 0.1) is 4.70 Å². The average molecular weight is 227 g/mol. The zero-order valence-electron chi connectivity index (χ0n) is 7.07. The van der Waals surface area contributed by atoms with Crippen LogP contribution in [0.1, 0.15) is 0 Å². The number of nitrogens with two attached hydrogens (primary N) is 1. The SMILES string of the molecule is Nc1c(B(O)O)cc(Cl)c2ccsc12. The summed E-state index contributed by atoms with van der Waals surface area (Å²) in [5.41, 5.74) is 6.40. The summed E-state index contributed by atoms with van der Waals surface area (Å²) >= 11 is 7.38. The number of anilines is 1. The van der Waals surface area contributed by atoms with E-state index in [1.54, 1.807) is 0 Å². The molecule has 0 aliphatic rings. The van der Waals surface area contributed by atoms with Gasteiger partial charge in [-0.2, -0.15) is 0 Å². The molecule has 0 aliphatic carbocycles. The molecule has 3 nitrogen and oxygen atoms in total. The number of fused-ring (bicyclic) bond motifs is 1. The molecule has 72 valence electrons. The first-order chi connectivity index (χ1) is 6.61. The lowest BCUT2D eigenvalue weighted by Gasteiger charge is -2.06. The van der Waals surface area contributed by atoms with Crippen LogP contribution < -0.4 is 11.2 Å². The highest BCUT2D eigenvalue weighted by Crippen LogP contribution is 2.31. The lowest BCUT2D eigenvalue weighted by atomic mass is 9.79. The molecule has 0 bridgehead atoms. The van der Waals surface area contributed by atoms with Crippen LogP contribution >= 0.6 is 22.9 Å². The van der Waals surface area contributed by atoms with Crippen molar-refractivity contribution >= 4 is 51.3 Å². The van der Waals surface area contributed by atoms with Gasteiger partial charge in [0, 0.05) is 21.6 Å². The van der Waals surface area contributed by atoms with Gasteiger partial charge in [0.25, 0.3) is 0 Å². The highest BCUT2D eigenvalue weighted by Gasteiger charge is 2.18. The van der Waals surface area contributed by atoms with E-state index in [1.807, 2.05) is 11.4 Å². The zero-order valence-corrected chi connectivity index (χ0v) is 8.64. The van der Waals surface area contributed by atoms with Gasteiger partial charge in [-0.25, -0.2) is 0 Å². The normalized spacial score (nSPS) is 10.8. The molecule has 2 rings (SSSR count). The van der Waals surface area contributed by atoms with Gasteiger partial charge in [0.15, 0.2) is 0 Å². The van der Waals surface area contributed by atoms with E-state index in [9.17, 15) is 0 Å². The Kier molecular flexibility index (Phi) is 2.40. The Hall–Kier alpha value is -0.745. The highest BCUT2D eigenvalue weighted by molar-refractivity contribution is 7.18. The summed E-state index contributed by atoms with van der Waals surface area (Å²) in [4.78, 5) is 0. The maximum atomic E-state index is 9.05. The summed E-state index contributed by atoms with van der Waals surface area (Å²) in [5.74, 6) is 0. The summed E-state index contributed by atoms with van der Waals surface area (Å²) in [6.07, 6.45) is 0. The van der Waals surface area contributed by atoms with Crippen LogP contribution in [0, 0.1) is 0 Å². The predicted molar refractivity (Wildman–Crippen MR) is 61.1 cm³/mol. The molecule has 4 N–H and O–H groups in total. The summed E-state index contributed by atoms with van der Waals surface area (Å²) in [6, 6.07) is 3.34.